The molecule has 1 aromatic carbocycles. The Morgan fingerprint density at radius 3 is 1.85 bits per heavy atom. The maximum absolute atomic E-state index is 2.30. The van der Waals surface area contributed by atoms with Gasteiger partial charge in [-0.3, -0.25) is 0 Å². The quantitative estimate of drug-likeness (QED) is 0.445. The number of hydrogen-bond donors (Lipinski definition) is 0. The molecule has 13 heavy (non-hydrogen) atoms. The number of allylic oxidation sites excluding steroid dienone is 4. The van der Waals surface area contributed by atoms with Gasteiger partial charge in [0.15, 0.2) is 0 Å². The molecule has 0 atom stereocenters. The molecule has 0 fully saturated rings. The summed E-state index contributed by atoms with van der Waals surface area (Å²) in [6.07, 6.45) is 9.19. The Labute approximate surface area is 78.6 Å². The van der Waals surface area contributed by atoms with Crippen LogP contribution in [0.1, 0.15) is 5.56 Å². The van der Waals surface area contributed by atoms with E-state index in [4.69, 9.17) is 0 Å². The van der Waals surface area contributed by atoms with Crippen molar-refractivity contribution >= 4 is 0 Å². The molecule has 1 aromatic rings. The summed E-state index contributed by atoms with van der Waals surface area (Å²) < 4.78 is 0. The highest BCUT2D eigenvalue weighted by Gasteiger charge is 2.39. The van der Waals surface area contributed by atoms with Gasteiger partial charge in [-0.05, 0) is 18.2 Å². The number of fused-ring (bicyclic) bond motifs is 2. The Hall–Kier alpha value is -1.43. The van der Waals surface area contributed by atoms with Gasteiger partial charge in [-0.1, -0.05) is 24.3 Å². The standard InChI is InChI=1S/C13H11/c1-2-4-10(5-3-1)13-11-6-7-12(13)9-8-11/h1-9,11-12H/q+1. The first-order valence-corrected chi connectivity index (χ1v) is 4.74. The second kappa shape index (κ2) is 2.53. The first-order valence-electron chi connectivity index (χ1n) is 4.74. The van der Waals surface area contributed by atoms with E-state index in [0.717, 1.165) is 0 Å². The van der Waals surface area contributed by atoms with E-state index in [2.05, 4.69) is 54.6 Å². The average molecular weight is 167 g/mol. The molecule has 0 heteroatoms. The van der Waals surface area contributed by atoms with Gasteiger partial charge in [0.2, 0.25) is 0 Å². The smallest absolute Gasteiger partial charge is 0.0628 e. The minimum absolute atomic E-state index is 0.576. The summed E-state index contributed by atoms with van der Waals surface area (Å²) in [6, 6.07) is 10.7. The zero-order valence-electron chi connectivity index (χ0n) is 7.35. The molecular weight excluding hydrogens is 156 g/mol. The molecular formula is C13H11+. The van der Waals surface area contributed by atoms with Crippen LogP contribution in [0.15, 0.2) is 54.6 Å². The Morgan fingerprint density at radius 2 is 1.31 bits per heavy atom. The van der Waals surface area contributed by atoms with Gasteiger partial charge in [0, 0.05) is 12.1 Å². The molecule has 0 N–H and O–H groups in total. The summed E-state index contributed by atoms with van der Waals surface area (Å²) in [4.78, 5) is 0. The molecule has 0 saturated heterocycles. The fourth-order valence-corrected chi connectivity index (χ4v) is 2.26. The third kappa shape index (κ3) is 0.951. The molecule has 62 valence electrons. The predicted molar refractivity (Wildman–Crippen MR) is 54.0 cm³/mol. The second-order valence-corrected chi connectivity index (χ2v) is 3.64. The van der Waals surface area contributed by atoms with Gasteiger partial charge in [0.1, 0.15) is 5.56 Å². The van der Waals surface area contributed by atoms with Gasteiger partial charge < -0.3 is 0 Å². The molecule has 0 unspecified atom stereocenters. The summed E-state index contributed by atoms with van der Waals surface area (Å²) in [5, 5.41) is 0. The molecule has 2 aliphatic carbocycles. The lowest BCUT2D eigenvalue weighted by Crippen LogP contribution is -2.06. The van der Waals surface area contributed by atoms with Crippen molar-refractivity contribution in [1.29, 1.82) is 0 Å². The van der Waals surface area contributed by atoms with Gasteiger partial charge in [-0.25, -0.2) is 0 Å². The van der Waals surface area contributed by atoms with Crippen LogP contribution < -0.4 is 0 Å². The maximum atomic E-state index is 2.30. The van der Waals surface area contributed by atoms with Gasteiger partial charge >= 0.3 is 0 Å². The Bertz CT molecular complexity index is 329. The summed E-state index contributed by atoms with van der Waals surface area (Å²) >= 11 is 0. The van der Waals surface area contributed by atoms with Gasteiger partial charge in [0.05, 0.1) is 17.8 Å². The SMILES string of the molecule is C1=CC2C=CC1[C+]2c1ccccc1. The molecule has 0 radical (unpaired) electrons. The van der Waals surface area contributed by atoms with Crippen molar-refractivity contribution in [3.8, 4) is 0 Å². The fraction of sp³-hybridized carbons (Fsp3) is 0.154. The lowest BCUT2D eigenvalue weighted by molar-refractivity contribution is 0.819. The monoisotopic (exact) mass is 167 g/mol. The van der Waals surface area contributed by atoms with Gasteiger partial charge in [0.25, 0.3) is 0 Å². The second-order valence-electron chi connectivity index (χ2n) is 3.64. The molecule has 0 aliphatic heterocycles. The van der Waals surface area contributed by atoms with E-state index in [1.165, 1.54) is 5.56 Å². The summed E-state index contributed by atoms with van der Waals surface area (Å²) in [6.45, 7) is 0. The summed E-state index contributed by atoms with van der Waals surface area (Å²) in [5.41, 5.74) is 1.40. The third-order valence-corrected chi connectivity index (χ3v) is 2.88. The molecule has 0 spiro atoms. The van der Waals surface area contributed by atoms with Crippen LogP contribution in [0.5, 0.6) is 0 Å². The normalized spacial score (nSPS) is 28.8. The van der Waals surface area contributed by atoms with Crippen molar-refractivity contribution in [2.45, 2.75) is 0 Å². The van der Waals surface area contributed by atoms with Crippen LogP contribution in [-0.4, -0.2) is 0 Å². The molecule has 0 heterocycles. The lowest BCUT2D eigenvalue weighted by atomic mass is 9.88. The van der Waals surface area contributed by atoms with Crippen LogP contribution in [0.2, 0.25) is 0 Å². The van der Waals surface area contributed by atoms with Gasteiger partial charge in [-0.15, -0.1) is 0 Å². The third-order valence-electron chi connectivity index (χ3n) is 2.88. The van der Waals surface area contributed by atoms with Crippen molar-refractivity contribution < 1.29 is 0 Å². The fourth-order valence-electron chi connectivity index (χ4n) is 2.26. The first kappa shape index (κ1) is 7.02. The van der Waals surface area contributed by atoms with E-state index in [9.17, 15) is 0 Å². The zero-order chi connectivity index (χ0) is 8.67. The van der Waals surface area contributed by atoms with E-state index >= 15 is 0 Å². The lowest BCUT2D eigenvalue weighted by Gasteiger charge is -2.08. The molecule has 0 nitrogen and oxygen atoms in total. The molecule has 2 aliphatic rings. The number of hydrogen-bond acceptors (Lipinski definition) is 0. The molecule has 2 bridgehead atoms. The van der Waals surface area contributed by atoms with Crippen LogP contribution in [0.3, 0.4) is 0 Å². The molecule has 3 rings (SSSR count). The number of benzene rings is 1. The highest BCUT2D eigenvalue weighted by atomic mass is 14.4. The average Bonchev–Trinajstić information content (AvgIpc) is 2.78. The summed E-state index contributed by atoms with van der Waals surface area (Å²) in [5.74, 6) is 2.71. The highest BCUT2D eigenvalue weighted by molar-refractivity contribution is 5.48. The Balaban J connectivity index is 1.98. The van der Waals surface area contributed by atoms with Crippen LogP contribution in [0.25, 0.3) is 0 Å². The Kier molecular flexibility index (Phi) is 1.36. The maximum Gasteiger partial charge on any atom is 0.134 e. The van der Waals surface area contributed by atoms with E-state index in [-0.39, 0.29) is 0 Å². The minimum atomic E-state index is 0.576. The van der Waals surface area contributed by atoms with Crippen molar-refractivity contribution in [2.75, 3.05) is 0 Å². The van der Waals surface area contributed by atoms with E-state index in [0.29, 0.717) is 11.8 Å². The summed E-state index contributed by atoms with van der Waals surface area (Å²) in [7, 11) is 0. The van der Waals surface area contributed by atoms with Crippen molar-refractivity contribution in [3.63, 3.8) is 0 Å². The minimum Gasteiger partial charge on any atom is -0.0628 e. The number of rotatable bonds is 1. The molecule has 0 amide bonds. The van der Waals surface area contributed by atoms with Crippen LogP contribution >= 0.6 is 0 Å². The predicted octanol–water partition coefficient (Wildman–Crippen LogP) is 2.98. The van der Waals surface area contributed by atoms with Crippen LogP contribution in [-0.2, 0) is 0 Å². The van der Waals surface area contributed by atoms with Gasteiger partial charge in [-0.2, -0.15) is 0 Å². The molecule has 0 saturated carbocycles. The van der Waals surface area contributed by atoms with Crippen LogP contribution in [0, 0.1) is 17.8 Å². The largest absolute Gasteiger partial charge is 0.134 e. The van der Waals surface area contributed by atoms with Crippen LogP contribution in [0.4, 0.5) is 0 Å². The van der Waals surface area contributed by atoms with E-state index in [1.807, 2.05) is 0 Å². The van der Waals surface area contributed by atoms with E-state index < -0.39 is 0 Å². The van der Waals surface area contributed by atoms with E-state index in [1.54, 1.807) is 5.92 Å². The van der Waals surface area contributed by atoms with Crippen molar-refractivity contribution in [1.82, 2.24) is 0 Å². The van der Waals surface area contributed by atoms with Crippen molar-refractivity contribution in [2.24, 2.45) is 11.8 Å². The highest BCUT2D eigenvalue weighted by Crippen LogP contribution is 2.44. The zero-order valence-corrected chi connectivity index (χ0v) is 7.35. The first-order chi connectivity index (χ1) is 6.45. The molecule has 0 aromatic heterocycles. The topological polar surface area (TPSA) is 0 Å². The Morgan fingerprint density at radius 1 is 0.769 bits per heavy atom. The van der Waals surface area contributed by atoms with Crippen molar-refractivity contribution in [3.05, 3.63) is 66.1 Å².